The first-order valence-corrected chi connectivity index (χ1v) is 15.4. The standard InChI is InChI=1S/C26H33F2N7O3S/c27-24(28)25-30-20-3-1-2-4-21(20)35(25)23-17-22(31-26(32-23)34-9-13-38-14-10-34)29-18-5-7-19(8-6-18)33-11-15-39(36,37)16-12-33/h1-4,17-19,24H,5-16H2,(H,29,31,32). The van der Waals surface area contributed by atoms with E-state index in [-0.39, 0.29) is 23.4 Å². The number of alkyl halides is 2. The number of benzene rings is 1. The van der Waals surface area contributed by atoms with Crippen molar-refractivity contribution in [3.05, 3.63) is 36.2 Å². The molecule has 3 aromatic rings. The average molecular weight is 562 g/mol. The minimum absolute atomic E-state index is 0.171. The van der Waals surface area contributed by atoms with Crippen LogP contribution in [0.25, 0.3) is 16.9 Å². The summed E-state index contributed by atoms with van der Waals surface area (Å²) < 4.78 is 58.8. The van der Waals surface area contributed by atoms with Gasteiger partial charge in [-0.1, -0.05) is 12.1 Å². The van der Waals surface area contributed by atoms with E-state index in [9.17, 15) is 17.2 Å². The van der Waals surface area contributed by atoms with Crippen LogP contribution in [0, 0.1) is 0 Å². The number of hydrogen-bond donors (Lipinski definition) is 1. The molecule has 0 bridgehead atoms. The summed E-state index contributed by atoms with van der Waals surface area (Å²) >= 11 is 0. The van der Waals surface area contributed by atoms with E-state index in [1.165, 1.54) is 4.57 Å². The van der Waals surface area contributed by atoms with Crippen molar-refractivity contribution in [2.45, 2.75) is 44.2 Å². The molecule has 1 aliphatic carbocycles. The van der Waals surface area contributed by atoms with Gasteiger partial charge in [0.05, 0.1) is 35.8 Å². The summed E-state index contributed by atoms with van der Waals surface area (Å²) in [5.41, 5.74) is 1.05. The Morgan fingerprint density at radius 3 is 2.38 bits per heavy atom. The van der Waals surface area contributed by atoms with Gasteiger partial charge in [-0.15, -0.1) is 0 Å². The Morgan fingerprint density at radius 2 is 1.67 bits per heavy atom. The molecule has 2 saturated heterocycles. The van der Waals surface area contributed by atoms with Crippen molar-refractivity contribution in [1.29, 1.82) is 0 Å². The van der Waals surface area contributed by atoms with E-state index in [2.05, 4.69) is 15.2 Å². The zero-order chi connectivity index (χ0) is 27.0. The van der Waals surface area contributed by atoms with E-state index in [0.717, 1.165) is 25.7 Å². The third-order valence-electron chi connectivity index (χ3n) is 7.95. The summed E-state index contributed by atoms with van der Waals surface area (Å²) in [4.78, 5) is 18.0. The average Bonchev–Trinajstić information content (AvgIpc) is 3.34. The molecule has 2 aromatic heterocycles. The molecule has 1 aromatic carbocycles. The van der Waals surface area contributed by atoms with Crippen LogP contribution < -0.4 is 10.2 Å². The first-order valence-electron chi connectivity index (χ1n) is 13.5. The predicted molar refractivity (Wildman–Crippen MR) is 145 cm³/mol. The van der Waals surface area contributed by atoms with Crippen molar-refractivity contribution in [3.63, 3.8) is 0 Å². The molecular weight excluding hydrogens is 528 g/mol. The van der Waals surface area contributed by atoms with Crippen LogP contribution in [0.5, 0.6) is 0 Å². The number of para-hydroxylation sites is 2. The van der Waals surface area contributed by atoms with Crippen molar-refractivity contribution in [2.75, 3.05) is 61.1 Å². The van der Waals surface area contributed by atoms with Gasteiger partial charge in [0, 0.05) is 44.3 Å². The Morgan fingerprint density at radius 1 is 0.949 bits per heavy atom. The lowest BCUT2D eigenvalue weighted by Crippen LogP contribution is -2.48. The number of sulfone groups is 1. The summed E-state index contributed by atoms with van der Waals surface area (Å²) in [6, 6.07) is 9.35. The number of imidazole rings is 1. The molecule has 0 amide bonds. The van der Waals surface area contributed by atoms with Gasteiger partial charge >= 0.3 is 0 Å². The maximum Gasteiger partial charge on any atom is 0.296 e. The summed E-state index contributed by atoms with van der Waals surface area (Å²) in [5.74, 6) is 1.54. The SMILES string of the molecule is O=S1(=O)CCN(C2CCC(Nc3cc(-n4c(C(F)F)nc5ccccc54)nc(N4CCOCC4)n3)CC2)CC1. The van der Waals surface area contributed by atoms with E-state index in [4.69, 9.17) is 14.7 Å². The summed E-state index contributed by atoms with van der Waals surface area (Å²) in [5, 5.41) is 3.55. The van der Waals surface area contributed by atoms with Crippen LogP contribution in [0.15, 0.2) is 30.3 Å². The number of aromatic nitrogens is 4. The van der Waals surface area contributed by atoms with Crippen molar-refractivity contribution in [2.24, 2.45) is 0 Å². The molecule has 1 N–H and O–H groups in total. The third kappa shape index (κ3) is 5.71. The molecule has 3 fully saturated rings. The van der Waals surface area contributed by atoms with Gasteiger partial charge < -0.3 is 15.0 Å². The Bertz CT molecular complexity index is 1410. The second-order valence-corrected chi connectivity index (χ2v) is 12.7. The maximum atomic E-state index is 14.1. The molecular formula is C26H33F2N7O3S. The predicted octanol–water partition coefficient (Wildman–Crippen LogP) is 3.04. The summed E-state index contributed by atoms with van der Waals surface area (Å²) in [6.07, 6.45) is 0.990. The number of nitrogens with one attached hydrogen (secondary N) is 1. The van der Waals surface area contributed by atoms with Crippen molar-refractivity contribution < 1.29 is 21.9 Å². The normalized spacial score (nSPS) is 24.3. The minimum atomic E-state index is -2.90. The molecule has 0 unspecified atom stereocenters. The molecule has 0 spiro atoms. The molecule has 10 nitrogen and oxygen atoms in total. The molecule has 13 heteroatoms. The maximum absolute atomic E-state index is 14.1. The second-order valence-electron chi connectivity index (χ2n) is 10.4. The fourth-order valence-electron chi connectivity index (χ4n) is 5.83. The van der Waals surface area contributed by atoms with Crippen molar-refractivity contribution in [1.82, 2.24) is 24.4 Å². The van der Waals surface area contributed by atoms with Crippen LogP contribution in [0.2, 0.25) is 0 Å². The van der Waals surface area contributed by atoms with Gasteiger partial charge in [0.2, 0.25) is 5.95 Å². The molecule has 1 saturated carbocycles. The third-order valence-corrected chi connectivity index (χ3v) is 9.56. The Kier molecular flexibility index (Phi) is 7.38. The highest BCUT2D eigenvalue weighted by Gasteiger charge is 2.31. The number of hydrogen-bond acceptors (Lipinski definition) is 9. The molecule has 3 aliphatic rings. The van der Waals surface area contributed by atoms with Gasteiger partial charge in [0.15, 0.2) is 15.7 Å². The van der Waals surface area contributed by atoms with Gasteiger partial charge in [0.25, 0.3) is 6.43 Å². The number of ether oxygens (including phenoxy) is 1. The van der Waals surface area contributed by atoms with Gasteiger partial charge in [-0.3, -0.25) is 9.47 Å². The highest BCUT2D eigenvalue weighted by atomic mass is 32.2. The lowest BCUT2D eigenvalue weighted by Gasteiger charge is -2.39. The van der Waals surface area contributed by atoms with E-state index >= 15 is 0 Å². The molecule has 0 radical (unpaired) electrons. The van der Waals surface area contributed by atoms with Crippen LogP contribution in [0.1, 0.15) is 37.9 Å². The Balaban J connectivity index is 1.26. The van der Waals surface area contributed by atoms with Crippen LogP contribution in [-0.4, -0.2) is 95.8 Å². The van der Waals surface area contributed by atoms with Crippen LogP contribution in [0.4, 0.5) is 20.5 Å². The van der Waals surface area contributed by atoms with E-state index in [0.29, 0.717) is 74.1 Å². The van der Waals surface area contributed by atoms with Gasteiger partial charge in [-0.05, 0) is 37.8 Å². The van der Waals surface area contributed by atoms with Crippen molar-refractivity contribution >= 4 is 32.6 Å². The fourth-order valence-corrected chi connectivity index (χ4v) is 7.06. The first kappa shape index (κ1) is 26.3. The summed E-state index contributed by atoms with van der Waals surface area (Å²) in [6.45, 7) is 3.55. The van der Waals surface area contributed by atoms with E-state index in [1.807, 2.05) is 4.90 Å². The Labute approximate surface area is 226 Å². The van der Waals surface area contributed by atoms with Crippen LogP contribution >= 0.6 is 0 Å². The first-order chi connectivity index (χ1) is 18.9. The molecule has 6 rings (SSSR count). The second kappa shape index (κ2) is 10.9. The Hall–Kier alpha value is -2.90. The van der Waals surface area contributed by atoms with Crippen LogP contribution in [0.3, 0.4) is 0 Å². The molecule has 0 atom stereocenters. The van der Waals surface area contributed by atoms with E-state index < -0.39 is 16.3 Å². The number of halogens is 2. The largest absolute Gasteiger partial charge is 0.378 e. The van der Waals surface area contributed by atoms with Gasteiger partial charge in [-0.2, -0.15) is 9.97 Å². The number of anilines is 2. The van der Waals surface area contributed by atoms with E-state index in [1.54, 1.807) is 30.3 Å². The monoisotopic (exact) mass is 561 g/mol. The minimum Gasteiger partial charge on any atom is -0.378 e. The molecule has 4 heterocycles. The fraction of sp³-hybridized carbons (Fsp3) is 0.577. The topological polar surface area (TPSA) is 105 Å². The molecule has 39 heavy (non-hydrogen) atoms. The van der Waals surface area contributed by atoms with Gasteiger partial charge in [-0.25, -0.2) is 22.2 Å². The van der Waals surface area contributed by atoms with Crippen molar-refractivity contribution in [3.8, 4) is 5.82 Å². The number of morpholine rings is 1. The quantitative estimate of drug-likeness (QED) is 0.486. The van der Waals surface area contributed by atoms with Gasteiger partial charge in [0.1, 0.15) is 11.6 Å². The molecule has 2 aliphatic heterocycles. The summed E-state index contributed by atoms with van der Waals surface area (Å²) in [7, 11) is -2.90. The highest BCUT2D eigenvalue weighted by Crippen LogP contribution is 2.31. The number of rotatable bonds is 6. The number of nitrogens with zero attached hydrogens (tertiary/aromatic N) is 6. The smallest absolute Gasteiger partial charge is 0.296 e. The zero-order valence-corrected chi connectivity index (χ0v) is 22.5. The zero-order valence-electron chi connectivity index (χ0n) is 21.7. The highest BCUT2D eigenvalue weighted by molar-refractivity contribution is 7.91. The lowest BCUT2D eigenvalue weighted by molar-refractivity contribution is 0.122. The van der Waals surface area contributed by atoms with Crippen LogP contribution in [-0.2, 0) is 14.6 Å². The lowest BCUT2D eigenvalue weighted by atomic mass is 9.90. The molecule has 210 valence electrons. The number of fused-ring (bicyclic) bond motifs is 1.